The molecule has 0 bridgehead atoms. The lowest BCUT2D eigenvalue weighted by Crippen LogP contribution is -2.44. The Bertz CT molecular complexity index is 1440. The number of imidazole rings is 1. The molecular formula is C24H25Cl2F2N5O2. The number of alkyl halides is 2. The van der Waals surface area contributed by atoms with Crippen molar-refractivity contribution < 1.29 is 13.5 Å². The lowest BCUT2D eigenvalue weighted by molar-refractivity contribution is -0.0497. The number of aryl methyl sites for hydroxylation is 1. The largest absolute Gasteiger partial charge is 0.435 e. The number of rotatable bonds is 5. The monoisotopic (exact) mass is 523 g/mol. The van der Waals surface area contributed by atoms with Gasteiger partial charge < -0.3 is 24.5 Å². The molecule has 1 aliphatic heterocycles. The third-order valence-corrected chi connectivity index (χ3v) is 6.66. The maximum Gasteiger partial charge on any atom is 0.387 e. The first-order valence-corrected chi connectivity index (χ1v) is 11.4. The van der Waals surface area contributed by atoms with Gasteiger partial charge >= 0.3 is 6.61 Å². The number of nitrogens with two attached hydrogens (primary N) is 1. The SMILES string of the molecule is Cl.Cn1c(=O)c2c(nc(N3CCC[C@@H](N)C3)n2Cc2ccccc2Cl)c2cc(OC(F)F)ccc21. The Kier molecular flexibility index (Phi) is 7.21. The molecule has 7 nitrogen and oxygen atoms in total. The van der Waals surface area contributed by atoms with E-state index >= 15 is 0 Å². The number of halogens is 4. The van der Waals surface area contributed by atoms with E-state index in [1.807, 2.05) is 22.8 Å². The van der Waals surface area contributed by atoms with Gasteiger partial charge in [-0.1, -0.05) is 29.8 Å². The Morgan fingerprint density at radius 1 is 1.26 bits per heavy atom. The number of pyridine rings is 1. The van der Waals surface area contributed by atoms with Crippen LogP contribution >= 0.6 is 24.0 Å². The van der Waals surface area contributed by atoms with E-state index < -0.39 is 6.61 Å². The Morgan fingerprint density at radius 2 is 2.03 bits per heavy atom. The van der Waals surface area contributed by atoms with E-state index in [0.717, 1.165) is 24.9 Å². The predicted molar refractivity (Wildman–Crippen MR) is 136 cm³/mol. The van der Waals surface area contributed by atoms with E-state index in [9.17, 15) is 13.6 Å². The molecule has 0 amide bonds. The molecule has 35 heavy (non-hydrogen) atoms. The quantitative estimate of drug-likeness (QED) is 0.415. The van der Waals surface area contributed by atoms with Crippen LogP contribution in [0, 0.1) is 0 Å². The van der Waals surface area contributed by atoms with Gasteiger partial charge in [-0.05, 0) is 42.7 Å². The van der Waals surface area contributed by atoms with E-state index in [1.165, 1.54) is 16.7 Å². The minimum Gasteiger partial charge on any atom is -0.435 e. The molecule has 1 atom stereocenters. The highest BCUT2D eigenvalue weighted by Gasteiger charge is 2.26. The normalized spacial score (nSPS) is 16.2. The molecular weight excluding hydrogens is 499 g/mol. The van der Waals surface area contributed by atoms with Crippen LogP contribution in [0.3, 0.4) is 0 Å². The van der Waals surface area contributed by atoms with E-state index in [4.69, 9.17) is 22.3 Å². The van der Waals surface area contributed by atoms with Crippen LogP contribution in [0.2, 0.25) is 5.02 Å². The minimum absolute atomic E-state index is 0. The third kappa shape index (κ3) is 4.68. The molecule has 1 aliphatic rings. The fourth-order valence-electron chi connectivity index (χ4n) is 4.67. The van der Waals surface area contributed by atoms with Crippen LogP contribution in [0.4, 0.5) is 14.7 Å². The summed E-state index contributed by atoms with van der Waals surface area (Å²) in [7, 11) is 1.65. The highest BCUT2D eigenvalue weighted by Crippen LogP contribution is 2.32. The van der Waals surface area contributed by atoms with Crippen LogP contribution in [0.15, 0.2) is 47.3 Å². The zero-order chi connectivity index (χ0) is 24.0. The van der Waals surface area contributed by atoms with Crippen molar-refractivity contribution in [1.29, 1.82) is 0 Å². The van der Waals surface area contributed by atoms with E-state index in [-0.39, 0.29) is 29.8 Å². The summed E-state index contributed by atoms with van der Waals surface area (Å²) in [5.74, 6) is 0.611. The number of hydrogen-bond donors (Lipinski definition) is 1. The number of piperidine rings is 1. The summed E-state index contributed by atoms with van der Waals surface area (Å²) in [4.78, 5) is 20.5. The van der Waals surface area contributed by atoms with Crippen molar-refractivity contribution in [2.45, 2.75) is 32.0 Å². The maximum atomic E-state index is 13.5. The number of fused-ring (bicyclic) bond motifs is 3. The molecule has 1 saturated heterocycles. The Hall–Kier alpha value is -2.88. The molecule has 0 aliphatic carbocycles. The van der Waals surface area contributed by atoms with Crippen LogP contribution in [-0.4, -0.2) is 39.9 Å². The predicted octanol–water partition coefficient (Wildman–Crippen LogP) is 4.54. The topological polar surface area (TPSA) is 78.3 Å². The van der Waals surface area contributed by atoms with Gasteiger partial charge in [-0.3, -0.25) is 4.79 Å². The lowest BCUT2D eigenvalue weighted by atomic mass is 10.1. The second kappa shape index (κ2) is 10.0. The first-order valence-electron chi connectivity index (χ1n) is 11.0. The number of benzene rings is 2. The van der Waals surface area contributed by atoms with Gasteiger partial charge in [0.1, 0.15) is 16.8 Å². The molecule has 2 aromatic heterocycles. The Balaban J connectivity index is 0.00000289. The molecule has 5 rings (SSSR count). The Labute approximate surface area is 211 Å². The number of anilines is 1. The highest BCUT2D eigenvalue weighted by atomic mass is 35.5. The van der Waals surface area contributed by atoms with Crippen LogP contribution in [0.5, 0.6) is 5.75 Å². The summed E-state index contributed by atoms with van der Waals surface area (Å²) in [6.07, 6.45) is 1.82. The zero-order valence-corrected chi connectivity index (χ0v) is 20.5. The summed E-state index contributed by atoms with van der Waals surface area (Å²) >= 11 is 6.45. The number of ether oxygens (including phenoxy) is 1. The van der Waals surface area contributed by atoms with Crippen molar-refractivity contribution in [2.75, 3.05) is 18.0 Å². The maximum absolute atomic E-state index is 13.5. The molecule has 2 N–H and O–H groups in total. The lowest BCUT2D eigenvalue weighted by Gasteiger charge is -2.32. The summed E-state index contributed by atoms with van der Waals surface area (Å²) in [5.41, 5.74) is 8.21. The molecule has 4 aromatic rings. The van der Waals surface area contributed by atoms with Crippen LogP contribution in [-0.2, 0) is 13.6 Å². The van der Waals surface area contributed by atoms with E-state index in [2.05, 4.69) is 9.64 Å². The summed E-state index contributed by atoms with van der Waals surface area (Å²) in [5, 5.41) is 1.13. The number of aromatic nitrogens is 3. The second-order valence-corrected chi connectivity index (χ2v) is 8.96. The zero-order valence-electron chi connectivity index (χ0n) is 19.0. The van der Waals surface area contributed by atoms with Gasteiger partial charge in [0.25, 0.3) is 5.56 Å². The van der Waals surface area contributed by atoms with Gasteiger partial charge in [0.15, 0.2) is 0 Å². The summed E-state index contributed by atoms with van der Waals surface area (Å²) < 4.78 is 33.7. The van der Waals surface area contributed by atoms with Gasteiger partial charge in [-0.25, -0.2) is 4.98 Å². The second-order valence-electron chi connectivity index (χ2n) is 8.56. The van der Waals surface area contributed by atoms with Gasteiger partial charge in [0, 0.05) is 36.6 Å². The van der Waals surface area contributed by atoms with Crippen molar-refractivity contribution in [3.8, 4) is 5.75 Å². The number of hydrogen-bond acceptors (Lipinski definition) is 5. The van der Waals surface area contributed by atoms with Crippen molar-refractivity contribution in [3.63, 3.8) is 0 Å². The van der Waals surface area contributed by atoms with Gasteiger partial charge in [0.2, 0.25) is 5.95 Å². The average Bonchev–Trinajstić information content (AvgIpc) is 3.18. The Morgan fingerprint density at radius 3 is 2.74 bits per heavy atom. The van der Waals surface area contributed by atoms with Gasteiger partial charge in [0.05, 0.1) is 12.1 Å². The molecule has 0 saturated carbocycles. The third-order valence-electron chi connectivity index (χ3n) is 6.29. The molecule has 2 aromatic carbocycles. The fraction of sp³-hybridized carbons (Fsp3) is 0.333. The highest BCUT2D eigenvalue weighted by molar-refractivity contribution is 6.31. The number of nitrogens with zero attached hydrogens (tertiary/aromatic N) is 4. The molecule has 1 fully saturated rings. The van der Waals surface area contributed by atoms with Crippen LogP contribution in [0.25, 0.3) is 21.9 Å². The smallest absolute Gasteiger partial charge is 0.387 e. The van der Waals surface area contributed by atoms with Crippen LogP contribution < -0.4 is 20.9 Å². The first kappa shape index (κ1) is 25.2. The summed E-state index contributed by atoms with van der Waals surface area (Å²) in [6.45, 7) is -1.28. The van der Waals surface area contributed by atoms with Crippen molar-refractivity contribution in [2.24, 2.45) is 12.8 Å². The van der Waals surface area contributed by atoms with Crippen molar-refractivity contribution >= 4 is 51.9 Å². The summed E-state index contributed by atoms with van der Waals surface area (Å²) in [6, 6.07) is 11.9. The minimum atomic E-state index is -2.95. The average molecular weight is 524 g/mol. The molecule has 0 radical (unpaired) electrons. The van der Waals surface area contributed by atoms with Crippen molar-refractivity contribution in [3.05, 3.63) is 63.4 Å². The van der Waals surface area contributed by atoms with E-state index in [1.54, 1.807) is 19.2 Å². The molecule has 0 spiro atoms. The van der Waals surface area contributed by atoms with Crippen molar-refractivity contribution in [1.82, 2.24) is 14.1 Å². The first-order chi connectivity index (χ1) is 16.3. The van der Waals surface area contributed by atoms with Gasteiger partial charge in [-0.15, -0.1) is 12.4 Å². The van der Waals surface area contributed by atoms with Crippen LogP contribution in [0.1, 0.15) is 18.4 Å². The molecule has 0 unspecified atom stereocenters. The fourth-order valence-corrected chi connectivity index (χ4v) is 4.86. The van der Waals surface area contributed by atoms with Gasteiger partial charge in [-0.2, -0.15) is 8.78 Å². The standard InChI is InChI=1S/C24H24ClF2N5O2.ClH/c1-30-19-9-8-16(34-23(26)27)11-17(19)20-21(22(30)33)32(12-14-5-2-3-7-18(14)25)24(29-20)31-10-4-6-15(28)13-31;/h2-3,5,7-9,11,15,23H,4,6,10,12-13,28H2,1H3;1H/t15-;/m1./s1. The van der Waals surface area contributed by atoms with E-state index in [0.29, 0.717) is 46.0 Å². The molecule has 11 heteroatoms. The molecule has 3 heterocycles. The molecule has 186 valence electrons.